The summed E-state index contributed by atoms with van der Waals surface area (Å²) in [4.78, 5) is 39.3. The zero-order valence-corrected chi connectivity index (χ0v) is 21.9. The van der Waals surface area contributed by atoms with Crippen LogP contribution < -0.4 is 10.1 Å². The minimum Gasteiger partial charge on any atom is -0.484 e. The highest BCUT2D eigenvalue weighted by molar-refractivity contribution is 6.06. The molecular formula is C31H33NO5. The number of hydrogen-bond acceptors (Lipinski definition) is 5. The highest BCUT2D eigenvalue weighted by Crippen LogP contribution is 2.53. The van der Waals surface area contributed by atoms with E-state index in [2.05, 4.69) is 33.0 Å². The number of para-hydroxylation sites is 1. The van der Waals surface area contributed by atoms with Gasteiger partial charge in [-0.3, -0.25) is 14.4 Å². The monoisotopic (exact) mass is 499 g/mol. The zero-order valence-electron chi connectivity index (χ0n) is 21.9. The molecule has 192 valence electrons. The van der Waals surface area contributed by atoms with Crippen molar-refractivity contribution in [2.75, 3.05) is 11.9 Å². The molecule has 0 fully saturated rings. The van der Waals surface area contributed by atoms with Gasteiger partial charge in [0.15, 0.2) is 18.2 Å². The Labute approximate surface area is 217 Å². The SMILES string of the molecule is CC1(C)CC(=O)C2=C(C1)OC1=C(C(=O)CC(C)(C)C1)C2c1cccc(OCC(=O)Nc2ccccc2)c1. The quantitative estimate of drug-likeness (QED) is 0.537. The summed E-state index contributed by atoms with van der Waals surface area (Å²) in [7, 11) is 0. The largest absolute Gasteiger partial charge is 0.484 e. The Morgan fingerprint density at radius 1 is 0.865 bits per heavy atom. The molecule has 3 aliphatic rings. The number of rotatable bonds is 5. The van der Waals surface area contributed by atoms with Crippen LogP contribution in [0.1, 0.15) is 64.9 Å². The van der Waals surface area contributed by atoms with E-state index < -0.39 is 5.92 Å². The van der Waals surface area contributed by atoms with E-state index in [9.17, 15) is 14.4 Å². The molecule has 6 nitrogen and oxygen atoms in total. The van der Waals surface area contributed by atoms with Gasteiger partial charge in [0.2, 0.25) is 0 Å². The Morgan fingerprint density at radius 3 is 2.05 bits per heavy atom. The molecule has 2 aromatic carbocycles. The molecule has 0 saturated carbocycles. The lowest BCUT2D eigenvalue weighted by atomic mass is 9.65. The van der Waals surface area contributed by atoms with Gasteiger partial charge in [0.1, 0.15) is 17.3 Å². The van der Waals surface area contributed by atoms with Gasteiger partial charge in [-0.25, -0.2) is 0 Å². The molecule has 2 aliphatic carbocycles. The summed E-state index contributed by atoms with van der Waals surface area (Å²) in [6.07, 6.45) is 2.10. The summed E-state index contributed by atoms with van der Waals surface area (Å²) < 4.78 is 12.2. The number of benzene rings is 2. The second-order valence-corrected chi connectivity index (χ2v) is 11.9. The van der Waals surface area contributed by atoms with Crippen molar-refractivity contribution in [1.29, 1.82) is 0 Å². The number of carbonyl (C=O) groups excluding carboxylic acids is 3. The van der Waals surface area contributed by atoms with Crippen LogP contribution in [0.15, 0.2) is 77.3 Å². The first-order valence-corrected chi connectivity index (χ1v) is 12.8. The Balaban J connectivity index is 1.46. The first-order chi connectivity index (χ1) is 17.5. The van der Waals surface area contributed by atoms with Crippen LogP contribution in [0.25, 0.3) is 0 Å². The van der Waals surface area contributed by atoms with Gasteiger partial charge in [-0.2, -0.15) is 0 Å². The van der Waals surface area contributed by atoms with Crippen LogP contribution in [0.5, 0.6) is 5.75 Å². The first-order valence-electron chi connectivity index (χ1n) is 12.8. The van der Waals surface area contributed by atoms with Gasteiger partial charge < -0.3 is 14.8 Å². The predicted molar refractivity (Wildman–Crippen MR) is 141 cm³/mol. The molecule has 6 heteroatoms. The second-order valence-electron chi connectivity index (χ2n) is 11.9. The van der Waals surface area contributed by atoms with E-state index in [0.717, 1.165) is 5.56 Å². The summed E-state index contributed by atoms with van der Waals surface area (Å²) in [5.41, 5.74) is 2.26. The number of Topliss-reactive ketones (excluding diaryl/α,β-unsaturated/α-hetero) is 2. The molecule has 1 heterocycles. The third-order valence-electron chi connectivity index (χ3n) is 7.20. The normalized spacial score (nSPS) is 20.6. The number of ketones is 2. The third kappa shape index (κ3) is 5.24. The Bertz CT molecular complexity index is 1280. The zero-order chi connectivity index (χ0) is 26.4. The number of allylic oxidation sites excluding steroid dienone is 4. The Kier molecular flexibility index (Phi) is 6.30. The number of amides is 1. The van der Waals surface area contributed by atoms with Crippen LogP contribution in [0, 0.1) is 10.8 Å². The van der Waals surface area contributed by atoms with E-state index >= 15 is 0 Å². The van der Waals surface area contributed by atoms with E-state index in [0.29, 0.717) is 59.8 Å². The molecule has 37 heavy (non-hydrogen) atoms. The Morgan fingerprint density at radius 2 is 1.46 bits per heavy atom. The molecule has 0 bridgehead atoms. The molecular weight excluding hydrogens is 466 g/mol. The van der Waals surface area contributed by atoms with Crippen molar-refractivity contribution in [2.24, 2.45) is 10.8 Å². The number of nitrogens with one attached hydrogen (secondary N) is 1. The van der Waals surface area contributed by atoms with E-state index in [1.165, 1.54) is 0 Å². The van der Waals surface area contributed by atoms with E-state index in [4.69, 9.17) is 9.47 Å². The Hall–Kier alpha value is -3.67. The average molecular weight is 500 g/mol. The minimum absolute atomic E-state index is 0.0222. The molecule has 0 saturated heterocycles. The molecule has 0 spiro atoms. The fourth-order valence-corrected chi connectivity index (χ4v) is 5.66. The number of anilines is 1. The molecule has 1 N–H and O–H groups in total. The smallest absolute Gasteiger partial charge is 0.262 e. The van der Waals surface area contributed by atoms with Gasteiger partial charge in [-0.15, -0.1) is 0 Å². The summed E-state index contributed by atoms with van der Waals surface area (Å²) >= 11 is 0. The maximum atomic E-state index is 13.5. The third-order valence-corrected chi connectivity index (χ3v) is 7.20. The van der Waals surface area contributed by atoms with Crippen LogP contribution >= 0.6 is 0 Å². The van der Waals surface area contributed by atoms with Gasteiger partial charge in [-0.1, -0.05) is 58.0 Å². The fourth-order valence-electron chi connectivity index (χ4n) is 5.66. The molecule has 0 atom stereocenters. The standard InChI is InChI=1S/C31H33NO5/c1-30(2)14-22(33)28-24(16-30)37-25-17-31(3,4)15-23(34)29(25)27(28)19-9-8-12-21(13-19)36-18-26(35)32-20-10-6-5-7-11-20/h5-13,27H,14-18H2,1-4H3,(H,32,35). The van der Waals surface area contributed by atoms with Crippen molar-refractivity contribution in [3.05, 3.63) is 82.8 Å². The molecule has 1 aliphatic heterocycles. The lowest BCUT2D eigenvalue weighted by molar-refractivity contribution is -0.120. The molecule has 0 radical (unpaired) electrons. The topological polar surface area (TPSA) is 81.7 Å². The average Bonchev–Trinajstić information content (AvgIpc) is 2.80. The number of hydrogen-bond donors (Lipinski definition) is 1. The van der Waals surface area contributed by atoms with Crippen molar-refractivity contribution in [3.8, 4) is 5.75 Å². The van der Waals surface area contributed by atoms with E-state index in [1.807, 2.05) is 48.5 Å². The molecule has 5 rings (SSSR count). The van der Waals surface area contributed by atoms with Crippen LogP contribution in [-0.4, -0.2) is 24.1 Å². The summed E-state index contributed by atoms with van der Waals surface area (Å²) in [6.45, 7) is 8.13. The van der Waals surface area contributed by atoms with Crippen molar-refractivity contribution >= 4 is 23.2 Å². The van der Waals surface area contributed by atoms with E-state index in [-0.39, 0.29) is 34.9 Å². The molecule has 2 aromatic rings. The van der Waals surface area contributed by atoms with E-state index in [1.54, 1.807) is 6.07 Å². The van der Waals surface area contributed by atoms with Crippen molar-refractivity contribution in [3.63, 3.8) is 0 Å². The molecule has 0 unspecified atom stereocenters. The van der Waals surface area contributed by atoms with Gasteiger partial charge in [0.05, 0.1) is 0 Å². The van der Waals surface area contributed by atoms with Crippen molar-refractivity contribution in [2.45, 2.75) is 59.3 Å². The predicted octanol–water partition coefficient (Wildman–Crippen LogP) is 6.10. The number of ether oxygens (including phenoxy) is 2. The maximum absolute atomic E-state index is 13.5. The lowest BCUT2D eigenvalue weighted by Gasteiger charge is -2.42. The van der Waals surface area contributed by atoms with Crippen LogP contribution in [0.2, 0.25) is 0 Å². The lowest BCUT2D eigenvalue weighted by Crippen LogP contribution is -2.37. The molecule has 0 aromatic heterocycles. The van der Waals surface area contributed by atoms with Gasteiger partial charge in [0.25, 0.3) is 5.91 Å². The maximum Gasteiger partial charge on any atom is 0.262 e. The van der Waals surface area contributed by atoms with Gasteiger partial charge in [-0.05, 0) is 40.7 Å². The fraction of sp³-hybridized carbons (Fsp3) is 0.387. The summed E-state index contributed by atoms with van der Waals surface area (Å²) in [5, 5.41) is 2.81. The first kappa shape index (κ1) is 25.0. The summed E-state index contributed by atoms with van der Waals surface area (Å²) in [5.74, 6) is 1.15. The van der Waals surface area contributed by atoms with Gasteiger partial charge in [0, 0.05) is 48.4 Å². The highest BCUT2D eigenvalue weighted by Gasteiger charge is 2.47. The van der Waals surface area contributed by atoms with Crippen LogP contribution in [0.3, 0.4) is 0 Å². The minimum atomic E-state index is -0.493. The second kappa shape index (κ2) is 9.33. The summed E-state index contributed by atoms with van der Waals surface area (Å²) in [6, 6.07) is 16.6. The van der Waals surface area contributed by atoms with Gasteiger partial charge >= 0.3 is 0 Å². The van der Waals surface area contributed by atoms with Crippen LogP contribution in [0.4, 0.5) is 5.69 Å². The van der Waals surface area contributed by atoms with Crippen LogP contribution in [-0.2, 0) is 19.1 Å². The van der Waals surface area contributed by atoms with Crippen molar-refractivity contribution in [1.82, 2.24) is 0 Å². The molecule has 1 amide bonds. The number of carbonyl (C=O) groups is 3. The highest BCUT2D eigenvalue weighted by atomic mass is 16.5. The van der Waals surface area contributed by atoms with Crippen molar-refractivity contribution < 1.29 is 23.9 Å².